The molecule has 2 unspecified atom stereocenters. The van der Waals surface area contributed by atoms with Gasteiger partial charge in [0.1, 0.15) is 0 Å². The Morgan fingerprint density at radius 1 is 1.24 bits per heavy atom. The van der Waals surface area contributed by atoms with Crippen LogP contribution >= 0.6 is 0 Å². The van der Waals surface area contributed by atoms with Crippen molar-refractivity contribution in [1.29, 1.82) is 0 Å². The number of rotatable bonds is 2. The van der Waals surface area contributed by atoms with Crippen molar-refractivity contribution in [3.8, 4) is 0 Å². The van der Waals surface area contributed by atoms with E-state index in [0.29, 0.717) is 12.0 Å². The zero-order chi connectivity index (χ0) is 14.9. The molecule has 0 spiro atoms. The first-order chi connectivity index (χ1) is 10.1. The molecule has 0 radical (unpaired) electrons. The van der Waals surface area contributed by atoms with E-state index in [0.717, 1.165) is 38.0 Å². The van der Waals surface area contributed by atoms with Crippen molar-refractivity contribution >= 4 is 5.91 Å². The van der Waals surface area contributed by atoms with E-state index < -0.39 is 0 Å². The quantitative estimate of drug-likeness (QED) is 0.875. The van der Waals surface area contributed by atoms with Gasteiger partial charge in [-0.05, 0) is 36.3 Å². The Balaban J connectivity index is 1.64. The normalized spacial score (nSPS) is 28.6. The second-order valence-electron chi connectivity index (χ2n) is 6.79. The molecular weight excluding hydrogens is 262 g/mol. The summed E-state index contributed by atoms with van der Waals surface area (Å²) in [5.41, 5.74) is 7.79. The molecule has 1 aromatic rings. The fraction of sp³-hybridized carbons (Fsp3) is 0.588. The molecule has 0 saturated carbocycles. The van der Waals surface area contributed by atoms with E-state index >= 15 is 0 Å². The third-order valence-electron chi connectivity index (χ3n) is 5.22. The number of amides is 1. The molecule has 3 rings (SSSR count). The molecule has 4 heteroatoms. The van der Waals surface area contributed by atoms with Crippen molar-refractivity contribution in [3.63, 3.8) is 0 Å². The second kappa shape index (κ2) is 5.78. The second-order valence-corrected chi connectivity index (χ2v) is 6.79. The number of carbonyl (C=O) groups excluding carboxylic acids is 1. The lowest BCUT2D eigenvalue weighted by molar-refractivity contribution is 0.0498. The van der Waals surface area contributed by atoms with E-state index in [1.165, 1.54) is 0 Å². The average Bonchev–Trinajstić information content (AvgIpc) is 2.95. The number of likely N-dealkylation sites (tertiary alicyclic amines) is 1. The Morgan fingerprint density at radius 3 is 2.48 bits per heavy atom. The molecule has 0 aromatic heterocycles. The van der Waals surface area contributed by atoms with Crippen molar-refractivity contribution in [3.05, 3.63) is 35.9 Å². The fourth-order valence-corrected chi connectivity index (χ4v) is 3.75. The molecule has 2 saturated heterocycles. The van der Waals surface area contributed by atoms with E-state index in [1.807, 2.05) is 35.2 Å². The number of hydrazine groups is 1. The lowest BCUT2D eigenvalue weighted by atomic mass is 9.71. The SMILES string of the molecule is CC1CNNC1C1(C)CCN(C(=O)c2ccccc2)CC1. The first kappa shape index (κ1) is 14.5. The van der Waals surface area contributed by atoms with Crippen molar-refractivity contribution in [2.75, 3.05) is 19.6 Å². The molecule has 4 nitrogen and oxygen atoms in total. The van der Waals surface area contributed by atoms with Gasteiger partial charge in [0.05, 0.1) is 0 Å². The molecule has 2 aliphatic rings. The highest BCUT2D eigenvalue weighted by Gasteiger charge is 2.42. The molecule has 2 atom stereocenters. The van der Waals surface area contributed by atoms with Gasteiger partial charge < -0.3 is 4.90 Å². The minimum Gasteiger partial charge on any atom is -0.339 e. The van der Waals surface area contributed by atoms with Gasteiger partial charge in [-0.3, -0.25) is 15.6 Å². The van der Waals surface area contributed by atoms with Crippen LogP contribution in [0.25, 0.3) is 0 Å². The van der Waals surface area contributed by atoms with E-state index in [4.69, 9.17) is 0 Å². The van der Waals surface area contributed by atoms with Crippen molar-refractivity contribution in [2.45, 2.75) is 32.7 Å². The molecule has 0 aliphatic carbocycles. The van der Waals surface area contributed by atoms with Gasteiger partial charge >= 0.3 is 0 Å². The number of carbonyl (C=O) groups is 1. The molecular formula is C17H25N3O. The van der Waals surface area contributed by atoms with Gasteiger partial charge in [-0.15, -0.1) is 0 Å². The minimum absolute atomic E-state index is 0.170. The monoisotopic (exact) mass is 287 g/mol. The van der Waals surface area contributed by atoms with Crippen molar-refractivity contribution in [2.24, 2.45) is 11.3 Å². The van der Waals surface area contributed by atoms with E-state index in [2.05, 4.69) is 24.7 Å². The standard InChI is InChI=1S/C17H25N3O/c1-13-12-18-19-15(13)17(2)8-10-20(11-9-17)16(21)14-6-4-3-5-7-14/h3-7,13,15,18-19H,8-12H2,1-2H3. The van der Waals surface area contributed by atoms with Crippen LogP contribution in [0.1, 0.15) is 37.0 Å². The number of nitrogens with zero attached hydrogens (tertiary/aromatic N) is 1. The Kier molecular flexibility index (Phi) is 4.00. The summed E-state index contributed by atoms with van der Waals surface area (Å²) in [5, 5.41) is 0. The van der Waals surface area contributed by atoms with Crippen LogP contribution in [0.5, 0.6) is 0 Å². The predicted octanol–water partition coefficient (Wildman–Crippen LogP) is 2.04. The van der Waals surface area contributed by atoms with Crippen LogP contribution in [0.3, 0.4) is 0 Å². The molecule has 0 bridgehead atoms. The maximum absolute atomic E-state index is 12.5. The first-order valence-electron chi connectivity index (χ1n) is 7.93. The summed E-state index contributed by atoms with van der Waals surface area (Å²) < 4.78 is 0. The van der Waals surface area contributed by atoms with Crippen LogP contribution in [-0.4, -0.2) is 36.5 Å². The summed E-state index contributed by atoms with van der Waals surface area (Å²) in [6.45, 7) is 7.40. The van der Waals surface area contributed by atoms with Gasteiger partial charge in [-0.1, -0.05) is 32.0 Å². The highest BCUT2D eigenvalue weighted by Crippen LogP contribution is 2.38. The average molecular weight is 287 g/mol. The van der Waals surface area contributed by atoms with Crippen LogP contribution in [0.4, 0.5) is 0 Å². The highest BCUT2D eigenvalue weighted by atomic mass is 16.2. The van der Waals surface area contributed by atoms with Gasteiger partial charge in [0.2, 0.25) is 0 Å². The topological polar surface area (TPSA) is 44.4 Å². The van der Waals surface area contributed by atoms with Crippen LogP contribution in [0, 0.1) is 11.3 Å². The summed E-state index contributed by atoms with van der Waals surface area (Å²) in [6.07, 6.45) is 2.13. The summed E-state index contributed by atoms with van der Waals surface area (Å²) >= 11 is 0. The molecule has 21 heavy (non-hydrogen) atoms. The maximum atomic E-state index is 12.5. The van der Waals surface area contributed by atoms with Crippen molar-refractivity contribution < 1.29 is 4.79 Å². The van der Waals surface area contributed by atoms with Crippen LogP contribution in [0.15, 0.2) is 30.3 Å². The zero-order valence-corrected chi connectivity index (χ0v) is 12.9. The Hall–Kier alpha value is -1.39. The summed E-state index contributed by atoms with van der Waals surface area (Å²) in [6, 6.07) is 10.1. The Morgan fingerprint density at radius 2 is 1.90 bits per heavy atom. The smallest absolute Gasteiger partial charge is 0.253 e. The summed E-state index contributed by atoms with van der Waals surface area (Å²) in [5.74, 6) is 0.814. The lowest BCUT2D eigenvalue weighted by Crippen LogP contribution is -2.51. The Bertz CT molecular complexity index is 494. The molecule has 1 amide bonds. The van der Waals surface area contributed by atoms with Gasteiger partial charge in [-0.25, -0.2) is 0 Å². The zero-order valence-electron chi connectivity index (χ0n) is 12.9. The van der Waals surface area contributed by atoms with Crippen LogP contribution in [-0.2, 0) is 0 Å². The lowest BCUT2D eigenvalue weighted by Gasteiger charge is -2.44. The number of hydrogen-bond donors (Lipinski definition) is 2. The van der Waals surface area contributed by atoms with E-state index in [1.54, 1.807) is 0 Å². The van der Waals surface area contributed by atoms with Gasteiger partial charge in [0, 0.05) is 31.2 Å². The molecule has 2 fully saturated rings. The number of hydrogen-bond acceptors (Lipinski definition) is 3. The highest BCUT2D eigenvalue weighted by molar-refractivity contribution is 5.94. The summed E-state index contributed by atoms with van der Waals surface area (Å²) in [7, 11) is 0. The third-order valence-corrected chi connectivity index (χ3v) is 5.22. The molecule has 114 valence electrons. The fourth-order valence-electron chi connectivity index (χ4n) is 3.75. The largest absolute Gasteiger partial charge is 0.339 e. The number of benzene rings is 1. The maximum Gasteiger partial charge on any atom is 0.253 e. The minimum atomic E-state index is 0.170. The summed E-state index contributed by atoms with van der Waals surface area (Å²) in [4.78, 5) is 14.5. The first-order valence-corrected chi connectivity index (χ1v) is 7.93. The Labute approximate surface area is 126 Å². The van der Waals surface area contributed by atoms with Crippen molar-refractivity contribution in [1.82, 2.24) is 15.8 Å². The molecule has 2 N–H and O–H groups in total. The number of piperidine rings is 1. The van der Waals surface area contributed by atoms with Gasteiger partial charge in [0.15, 0.2) is 0 Å². The third kappa shape index (κ3) is 2.83. The predicted molar refractivity (Wildman–Crippen MR) is 83.8 cm³/mol. The molecule has 2 heterocycles. The van der Waals surface area contributed by atoms with Gasteiger partial charge in [0.25, 0.3) is 5.91 Å². The van der Waals surface area contributed by atoms with E-state index in [9.17, 15) is 4.79 Å². The molecule has 2 aliphatic heterocycles. The number of nitrogens with one attached hydrogen (secondary N) is 2. The van der Waals surface area contributed by atoms with E-state index in [-0.39, 0.29) is 11.3 Å². The van der Waals surface area contributed by atoms with Gasteiger partial charge in [-0.2, -0.15) is 0 Å². The van der Waals surface area contributed by atoms with Crippen LogP contribution < -0.4 is 10.9 Å². The molecule has 1 aromatic carbocycles. The van der Waals surface area contributed by atoms with Crippen LogP contribution in [0.2, 0.25) is 0 Å².